The van der Waals surface area contributed by atoms with Gasteiger partial charge in [-0.05, 0) is 10.7 Å². The molecule has 0 saturated carbocycles. The Morgan fingerprint density at radius 3 is 2.12 bits per heavy atom. The lowest BCUT2D eigenvalue weighted by Gasteiger charge is -1.83. The molecule has 0 aromatic rings. The van der Waals surface area contributed by atoms with E-state index < -0.39 is 0 Å². The molecule has 0 radical (unpaired) electrons. The zero-order valence-corrected chi connectivity index (χ0v) is 7.30. The zero-order valence-electron chi connectivity index (χ0n) is 3.40. The van der Waals surface area contributed by atoms with Crippen LogP contribution in [0.3, 0.4) is 0 Å². The van der Waals surface area contributed by atoms with E-state index in [1.54, 1.807) is 0 Å². The Morgan fingerprint density at radius 1 is 1.50 bits per heavy atom. The van der Waals surface area contributed by atoms with Crippen molar-refractivity contribution in [1.29, 1.82) is 0 Å². The molecule has 46 valence electrons. The summed E-state index contributed by atoms with van der Waals surface area (Å²) in [6.45, 7) is 0. The molecule has 1 nitrogen and oxygen atoms in total. The molecule has 0 amide bonds. The van der Waals surface area contributed by atoms with Crippen molar-refractivity contribution in [2.45, 2.75) is 0 Å². The van der Waals surface area contributed by atoms with E-state index in [2.05, 4.69) is 16.6 Å². The lowest BCUT2D eigenvalue weighted by Crippen LogP contribution is -1.91. The van der Waals surface area contributed by atoms with E-state index in [9.17, 15) is 0 Å². The summed E-state index contributed by atoms with van der Waals surface area (Å²) in [6, 6.07) is 0. The average molecular weight is 209 g/mol. The first-order valence-electron chi connectivity index (χ1n) is 1.39. The van der Waals surface area contributed by atoms with Gasteiger partial charge in [-0.25, -0.2) is 0 Å². The van der Waals surface area contributed by atoms with Crippen LogP contribution in [-0.2, 0) is 0 Å². The molecule has 8 heavy (non-hydrogen) atoms. The van der Waals surface area contributed by atoms with Crippen molar-refractivity contribution < 1.29 is 0 Å². The molecule has 0 aliphatic heterocycles. The molecule has 0 heterocycles. The maximum Gasteiger partial charge on any atom is 0.168 e. The SMILES string of the molecule is S=C(Cl)/C(Cl)=N\SCl. The summed E-state index contributed by atoms with van der Waals surface area (Å²) < 4.78 is 3.44. The monoisotopic (exact) mass is 207 g/mol. The fraction of sp³-hybridized carbons (Fsp3) is 0. The number of nitrogens with zero attached hydrogens (tertiary/aromatic N) is 1. The number of hydrogen-bond acceptors (Lipinski definition) is 3. The van der Waals surface area contributed by atoms with Crippen LogP contribution in [0.15, 0.2) is 4.40 Å². The highest BCUT2D eigenvalue weighted by Gasteiger charge is 1.96. The van der Waals surface area contributed by atoms with Crippen molar-refractivity contribution in [3.8, 4) is 0 Å². The van der Waals surface area contributed by atoms with E-state index in [4.69, 9.17) is 33.9 Å². The minimum atomic E-state index is 0.0276. The normalized spacial score (nSPS) is 11.6. The summed E-state index contributed by atoms with van der Waals surface area (Å²) in [5.41, 5.74) is 0. The molecular weight excluding hydrogens is 209 g/mol. The number of rotatable bonds is 2. The predicted octanol–water partition coefficient (Wildman–Crippen LogP) is 2.99. The highest BCUT2D eigenvalue weighted by molar-refractivity contribution is 8.20. The standard InChI is InChI=1S/C2Cl3NS2/c3-1(2(4)7)6-8-5/b6-1+. The molecule has 0 aliphatic carbocycles. The lowest BCUT2D eigenvalue weighted by atomic mass is 10.9. The first-order chi connectivity index (χ1) is 3.68. The third-order valence-electron chi connectivity index (χ3n) is 0.277. The minimum Gasteiger partial charge on any atom is -0.185 e. The van der Waals surface area contributed by atoms with Crippen LogP contribution in [-0.4, -0.2) is 9.49 Å². The second kappa shape index (κ2) is 4.82. The molecule has 0 fully saturated rings. The predicted molar refractivity (Wildman–Crippen MR) is 45.2 cm³/mol. The Hall–Kier alpha value is 0.980. The molecule has 0 N–H and O–H groups in total. The van der Waals surface area contributed by atoms with Gasteiger partial charge >= 0.3 is 0 Å². The van der Waals surface area contributed by atoms with Crippen LogP contribution < -0.4 is 0 Å². The molecule has 0 rings (SSSR count). The summed E-state index contributed by atoms with van der Waals surface area (Å²) >= 11 is 15.6. The maximum atomic E-state index is 5.29. The van der Waals surface area contributed by atoms with Crippen LogP contribution in [0.25, 0.3) is 0 Å². The molecule has 0 atom stereocenters. The largest absolute Gasteiger partial charge is 0.185 e. The quantitative estimate of drug-likeness (QED) is 0.299. The fourth-order valence-electron chi connectivity index (χ4n) is 0.0662. The van der Waals surface area contributed by atoms with Crippen LogP contribution in [0.2, 0.25) is 0 Å². The van der Waals surface area contributed by atoms with Crippen LogP contribution in [0.1, 0.15) is 0 Å². The molecule has 0 bridgehead atoms. The van der Waals surface area contributed by atoms with Crippen molar-refractivity contribution >= 4 is 66.8 Å². The third-order valence-corrected chi connectivity index (χ3v) is 1.69. The van der Waals surface area contributed by atoms with Crippen LogP contribution in [0.5, 0.6) is 0 Å². The first kappa shape index (κ1) is 8.98. The number of hydrogen-bond donors (Lipinski definition) is 0. The fourth-order valence-corrected chi connectivity index (χ4v) is 0.830. The third kappa shape index (κ3) is 3.92. The maximum absolute atomic E-state index is 5.29. The van der Waals surface area contributed by atoms with Gasteiger partial charge in [-0.1, -0.05) is 35.4 Å². The van der Waals surface area contributed by atoms with Crippen molar-refractivity contribution in [2.24, 2.45) is 4.40 Å². The van der Waals surface area contributed by atoms with Crippen molar-refractivity contribution in [1.82, 2.24) is 0 Å². The van der Waals surface area contributed by atoms with Gasteiger partial charge in [0, 0.05) is 0 Å². The van der Waals surface area contributed by atoms with Crippen LogP contribution >= 0.6 is 57.3 Å². The minimum absolute atomic E-state index is 0.0276. The molecular formula is C2Cl3NS2. The van der Waals surface area contributed by atoms with Crippen molar-refractivity contribution in [3.63, 3.8) is 0 Å². The van der Waals surface area contributed by atoms with E-state index in [-0.39, 0.29) is 9.49 Å². The summed E-state index contributed by atoms with van der Waals surface area (Å²) in [4.78, 5) is 0. The second-order valence-electron chi connectivity index (χ2n) is 0.725. The van der Waals surface area contributed by atoms with Gasteiger partial charge in [0.1, 0.15) is 4.32 Å². The Kier molecular flexibility index (Phi) is 5.41. The highest BCUT2D eigenvalue weighted by atomic mass is 35.7. The van der Waals surface area contributed by atoms with Crippen LogP contribution in [0.4, 0.5) is 0 Å². The summed E-state index contributed by atoms with van der Waals surface area (Å²) in [6.07, 6.45) is 0. The van der Waals surface area contributed by atoms with E-state index in [0.29, 0.717) is 11.2 Å². The van der Waals surface area contributed by atoms with E-state index in [0.717, 1.165) is 0 Å². The summed E-state index contributed by atoms with van der Waals surface area (Å²) in [7, 11) is 5.07. The summed E-state index contributed by atoms with van der Waals surface area (Å²) in [5, 5.41) is 0.0571. The molecule has 0 aromatic carbocycles. The highest BCUT2D eigenvalue weighted by Crippen LogP contribution is 2.10. The van der Waals surface area contributed by atoms with Crippen molar-refractivity contribution in [3.05, 3.63) is 0 Å². The van der Waals surface area contributed by atoms with E-state index in [1.807, 2.05) is 0 Å². The Balaban J connectivity index is 3.80. The van der Waals surface area contributed by atoms with E-state index in [1.165, 1.54) is 0 Å². The van der Waals surface area contributed by atoms with Crippen LogP contribution in [0, 0.1) is 0 Å². The van der Waals surface area contributed by atoms with Gasteiger partial charge in [0.05, 0.1) is 11.2 Å². The smallest absolute Gasteiger partial charge is 0.168 e. The Labute approximate surface area is 71.0 Å². The lowest BCUT2D eigenvalue weighted by molar-refractivity contribution is 2.03. The van der Waals surface area contributed by atoms with Gasteiger partial charge in [-0.2, -0.15) is 4.40 Å². The summed E-state index contributed by atoms with van der Waals surface area (Å²) in [5.74, 6) is 0. The first-order valence-corrected chi connectivity index (χ1v) is 4.16. The zero-order chi connectivity index (χ0) is 6.57. The Morgan fingerprint density at radius 2 is 2.00 bits per heavy atom. The van der Waals surface area contributed by atoms with Gasteiger partial charge in [0.2, 0.25) is 0 Å². The molecule has 0 saturated heterocycles. The van der Waals surface area contributed by atoms with Gasteiger partial charge in [-0.15, -0.1) is 0 Å². The van der Waals surface area contributed by atoms with E-state index >= 15 is 0 Å². The van der Waals surface area contributed by atoms with Crippen molar-refractivity contribution in [2.75, 3.05) is 0 Å². The van der Waals surface area contributed by atoms with Gasteiger partial charge in [-0.3, -0.25) is 0 Å². The number of thiocarbonyl (C=S) groups is 1. The Bertz CT molecular complexity index is 122. The molecule has 0 spiro atoms. The van der Waals surface area contributed by atoms with Gasteiger partial charge in [0.25, 0.3) is 0 Å². The molecule has 6 heteroatoms. The molecule has 0 aromatic heterocycles. The molecule has 0 aliphatic rings. The topological polar surface area (TPSA) is 12.4 Å². The molecule has 0 unspecified atom stereocenters. The average Bonchev–Trinajstić information content (AvgIpc) is 1.67. The van der Waals surface area contributed by atoms with Gasteiger partial charge in [0.15, 0.2) is 5.17 Å². The second-order valence-corrected chi connectivity index (χ2v) is 2.83. The van der Waals surface area contributed by atoms with Gasteiger partial charge < -0.3 is 0 Å². The number of halogens is 3.